The average Bonchev–Trinajstić information content (AvgIpc) is 2.39. The fourth-order valence-electron chi connectivity index (χ4n) is 2.08. The molecule has 0 spiro atoms. The molecule has 1 aromatic carbocycles. The Hall–Kier alpha value is -1.06. The van der Waals surface area contributed by atoms with E-state index in [1.165, 1.54) is 11.3 Å². The molecule has 16 heavy (non-hydrogen) atoms. The summed E-state index contributed by atoms with van der Waals surface area (Å²) in [6, 6.07) is 8.48. The number of benzene rings is 1. The molecule has 0 saturated carbocycles. The van der Waals surface area contributed by atoms with Crippen LogP contribution >= 0.6 is 0 Å². The lowest BCUT2D eigenvalue weighted by atomic mass is 10.1. The predicted molar refractivity (Wildman–Crippen MR) is 66.6 cm³/mol. The first-order valence-corrected chi connectivity index (χ1v) is 5.99. The van der Waals surface area contributed by atoms with Crippen LogP contribution in [0.25, 0.3) is 0 Å². The fraction of sp³-hybridized carbons (Fsp3) is 0.538. The van der Waals surface area contributed by atoms with Crippen LogP contribution < -0.4 is 10.6 Å². The third kappa shape index (κ3) is 2.54. The minimum Gasteiger partial charge on any atom is -0.375 e. The van der Waals surface area contributed by atoms with Gasteiger partial charge in [0.1, 0.15) is 0 Å². The van der Waals surface area contributed by atoms with Gasteiger partial charge in [-0.3, -0.25) is 0 Å². The molecule has 1 heterocycles. The highest BCUT2D eigenvalue weighted by Crippen LogP contribution is 2.19. The smallest absolute Gasteiger partial charge is 0.0748 e. The van der Waals surface area contributed by atoms with Crippen LogP contribution in [-0.2, 0) is 11.3 Å². The summed E-state index contributed by atoms with van der Waals surface area (Å²) in [5.74, 6) is 0. The molecule has 0 aliphatic carbocycles. The number of rotatable bonds is 3. The molecule has 0 radical (unpaired) electrons. The van der Waals surface area contributed by atoms with E-state index < -0.39 is 0 Å². The molecule has 1 fully saturated rings. The van der Waals surface area contributed by atoms with Crippen molar-refractivity contribution in [2.75, 3.05) is 24.6 Å². The molecule has 3 nitrogen and oxygen atoms in total. The Kier molecular flexibility index (Phi) is 3.80. The van der Waals surface area contributed by atoms with Gasteiger partial charge >= 0.3 is 0 Å². The number of ether oxygens (including phenoxy) is 1. The van der Waals surface area contributed by atoms with Crippen molar-refractivity contribution in [3.05, 3.63) is 29.8 Å². The van der Waals surface area contributed by atoms with Gasteiger partial charge in [-0.05, 0) is 24.1 Å². The van der Waals surface area contributed by atoms with Crippen molar-refractivity contribution in [2.45, 2.75) is 26.0 Å². The molecule has 1 aliphatic rings. The van der Waals surface area contributed by atoms with Gasteiger partial charge in [0.05, 0.1) is 12.7 Å². The Labute approximate surface area is 97.2 Å². The summed E-state index contributed by atoms with van der Waals surface area (Å²) in [5.41, 5.74) is 8.12. The molecule has 1 unspecified atom stereocenters. The SMILES string of the molecule is CCC1CN(c2cccc(CN)c2)CCO1. The highest BCUT2D eigenvalue weighted by Gasteiger charge is 2.18. The highest BCUT2D eigenvalue weighted by molar-refractivity contribution is 5.49. The molecule has 0 bridgehead atoms. The van der Waals surface area contributed by atoms with E-state index in [0.29, 0.717) is 12.6 Å². The second-order valence-corrected chi connectivity index (χ2v) is 4.22. The fourth-order valence-corrected chi connectivity index (χ4v) is 2.08. The van der Waals surface area contributed by atoms with Gasteiger partial charge in [0.25, 0.3) is 0 Å². The van der Waals surface area contributed by atoms with E-state index in [-0.39, 0.29) is 0 Å². The zero-order valence-electron chi connectivity index (χ0n) is 9.86. The van der Waals surface area contributed by atoms with Gasteiger partial charge in [0.2, 0.25) is 0 Å². The van der Waals surface area contributed by atoms with Gasteiger partial charge in [-0.2, -0.15) is 0 Å². The highest BCUT2D eigenvalue weighted by atomic mass is 16.5. The lowest BCUT2D eigenvalue weighted by Gasteiger charge is -2.34. The Bertz CT molecular complexity index is 340. The number of nitrogens with two attached hydrogens (primary N) is 1. The molecular weight excluding hydrogens is 200 g/mol. The maximum atomic E-state index is 5.67. The Balaban J connectivity index is 2.10. The van der Waals surface area contributed by atoms with Crippen molar-refractivity contribution < 1.29 is 4.74 Å². The third-order valence-corrected chi connectivity index (χ3v) is 3.11. The van der Waals surface area contributed by atoms with E-state index in [1.54, 1.807) is 0 Å². The molecule has 2 rings (SSSR count). The van der Waals surface area contributed by atoms with Gasteiger partial charge in [-0.15, -0.1) is 0 Å². The molecular formula is C13H20N2O. The average molecular weight is 220 g/mol. The summed E-state index contributed by atoms with van der Waals surface area (Å²) in [5, 5.41) is 0. The third-order valence-electron chi connectivity index (χ3n) is 3.11. The maximum absolute atomic E-state index is 5.67. The summed E-state index contributed by atoms with van der Waals surface area (Å²) in [6.45, 7) is 5.57. The van der Waals surface area contributed by atoms with Gasteiger partial charge in [0, 0.05) is 25.3 Å². The van der Waals surface area contributed by atoms with Crippen molar-refractivity contribution in [1.29, 1.82) is 0 Å². The molecule has 2 N–H and O–H groups in total. The summed E-state index contributed by atoms with van der Waals surface area (Å²) < 4.78 is 5.67. The zero-order chi connectivity index (χ0) is 11.4. The minimum absolute atomic E-state index is 0.371. The molecule has 1 atom stereocenters. The van der Waals surface area contributed by atoms with Crippen LogP contribution in [0.5, 0.6) is 0 Å². The normalized spacial score (nSPS) is 21.1. The van der Waals surface area contributed by atoms with E-state index in [0.717, 1.165) is 26.1 Å². The Morgan fingerprint density at radius 1 is 1.50 bits per heavy atom. The van der Waals surface area contributed by atoms with Crippen LogP contribution in [-0.4, -0.2) is 25.8 Å². The molecule has 0 amide bonds. The zero-order valence-corrected chi connectivity index (χ0v) is 9.86. The van der Waals surface area contributed by atoms with Crippen molar-refractivity contribution in [3.63, 3.8) is 0 Å². The quantitative estimate of drug-likeness (QED) is 0.843. The summed E-state index contributed by atoms with van der Waals surface area (Å²) in [6.07, 6.45) is 1.45. The van der Waals surface area contributed by atoms with E-state index in [4.69, 9.17) is 10.5 Å². The molecule has 1 aromatic rings. The second-order valence-electron chi connectivity index (χ2n) is 4.22. The van der Waals surface area contributed by atoms with E-state index in [9.17, 15) is 0 Å². The summed E-state index contributed by atoms with van der Waals surface area (Å²) >= 11 is 0. The number of nitrogens with zero attached hydrogens (tertiary/aromatic N) is 1. The number of morpholine rings is 1. The molecule has 0 aromatic heterocycles. The first kappa shape index (κ1) is 11.4. The van der Waals surface area contributed by atoms with E-state index in [2.05, 4.69) is 36.1 Å². The largest absolute Gasteiger partial charge is 0.375 e. The minimum atomic E-state index is 0.371. The summed E-state index contributed by atoms with van der Waals surface area (Å²) in [4.78, 5) is 2.39. The van der Waals surface area contributed by atoms with Crippen LogP contribution in [0.15, 0.2) is 24.3 Å². The molecule has 3 heteroatoms. The van der Waals surface area contributed by atoms with Crippen molar-refractivity contribution in [1.82, 2.24) is 0 Å². The lowest BCUT2D eigenvalue weighted by molar-refractivity contribution is 0.0384. The van der Waals surface area contributed by atoms with Crippen LogP contribution in [0.1, 0.15) is 18.9 Å². The number of hydrogen-bond donors (Lipinski definition) is 1. The van der Waals surface area contributed by atoms with Crippen LogP contribution in [0.4, 0.5) is 5.69 Å². The van der Waals surface area contributed by atoms with Gasteiger partial charge in [-0.1, -0.05) is 19.1 Å². The second kappa shape index (κ2) is 5.32. The lowest BCUT2D eigenvalue weighted by Crippen LogP contribution is -2.42. The van der Waals surface area contributed by atoms with Crippen molar-refractivity contribution in [3.8, 4) is 0 Å². The predicted octanol–water partition coefficient (Wildman–Crippen LogP) is 1.76. The maximum Gasteiger partial charge on any atom is 0.0748 e. The van der Waals surface area contributed by atoms with Crippen molar-refractivity contribution >= 4 is 5.69 Å². The Morgan fingerprint density at radius 2 is 2.38 bits per heavy atom. The Morgan fingerprint density at radius 3 is 3.12 bits per heavy atom. The topological polar surface area (TPSA) is 38.5 Å². The van der Waals surface area contributed by atoms with Gasteiger partial charge < -0.3 is 15.4 Å². The van der Waals surface area contributed by atoms with Crippen LogP contribution in [0, 0.1) is 0 Å². The van der Waals surface area contributed by atoms with Gasteiger partial charge in [0.15, 0.2) is 0 Å². The molecule has 1 aliphatic heterocycles. The van der Waals surface area contributed by atoms with Crippen LogP contribution in [0.2, 0.25) is 0 Å². The number of anilines is 1. The van der Waals surface area contributed by atoms with E-state index in [1.807, 2.05) is 0 Å². The first-order chi connectivity index (χ1) is 7.83. The number of hydrogen-bond acceptors (Lipinski definition) is 3. The van der Waals surface area contributed by atoms with Crippen molar-refractivity contribution in [2.24, 2.45) is 5.73 Å². The van der Waals surface area contributed by atoms with Gasteiger partial charge in [-0.25, -0.2) is 0 Å². The standard InChI is InChI=1S/C13H20N2O/c1-2-13-10-15(6-7-16-13)12-5-3-4-11(8-12)9-14/h3-5,8,13H,2,6-7,9-10,14H2,1H3. The van der Waals surface area contributed by atoms with Crippen LogP contribution in [0.3, 0.4) is 0 Å². The van der Waals surface area contributed by atoms with E-state index >= 15 is 0 Å². The summed E-state index contributed by atoms with van der Waals surface area (Å²) in [7, 11) is 0. The first-order valence-electron chi connectivity index (χ1n) is 5.99. The monoisotopic (exact) mass is 220 g/mol. The molecule has 1 saturated heterocycles. The molecule has 88 valence electrons.